The monoisotopic (exact) mass is 374 g/mol. The Morgan fingerprint density at radius 1 is 0.964 bits per heavy atom. The van der Waals surface area contributed by atoms with Gasteiger partial charge in [0.15, 0.2) is 5.82 Å². The second kappa shape index (κ2) is 9.13. The van der Waals surface area contributed by atoms with Gasteiger partial charge < -0.3 is 10.2 Å². The van der Waals surface area contributed by atoms with Crippen LogP contribution in [0.15, 0.2) is 60.7 Å². The lowest BCUT2D eigenvalue weighted by Gasteiger charge is -2.21. The molecule has 144 valence electrons. The Hall–Kier alpha value is -3.21. The zero-order chi connectivity index (χ0) is 19.9. The molecule has 0 aliphatic carbocycles. The summed E-state index contributed by atoms with van der Waals surface area (Å²) in [5.74, 6) is 1.13. The zero-order valence-electron chi connectivity index (χ0n) is 16.6. The predicted molar refractivity (Wildman–Crippen MR) is 113 cm³/mol. The van der Waals surface area contributed by atoms with E-state index in [1.54, 1.807) is 6.07 Å². The van der Waals surface area contributed by atoms with E-state index in [1.807, 2.05) is 61.5 Å². The summed E-state index contributed by atoms with van der Waals surface area (Å²) in [5.41, 5.74) is 3.52. The second-order valence-electron chi connectivity index (χ2n) is 6.58. The molecule has 3 rings (SSSR count). The van der Waals surface area contributed by atoms with Crippen LogP contribution in [0.2, 0.25) is 0 Å². The van der Waals surface area contributed by atoms with Crippen molar-refractivity contribution in [3.05, 3.63) is 77.5 Å². The van der Waals surface area contributed by atoms with Crippen molar-refractivity contribution < 1.29 is 4.79 Å². The average molecular weight is 374 g/mol. The molecule has 0 unspecified atom stereocenters. The normalized spacial score (nSPS) is 10.5. The van der Waals surface area contributed by atoms with E-state index in [2.05, 4.69) is 29.0 Å². The number of hydrogen-bond donors (Lipinski definition) is 1. The first-order chi connectivity index (χ1) is 13.6. The number of rotatable bonds is 7. The first-order valence-corrected chi connectivity index (χ1v) is 9.64. The summed E-state index contributed by atoms with van der Waals surface area (Å²) in [5, 5.41) is 2.99. The zero-order valence-corrected chi connectivity index (χ0v) is 16.6. The quantitative estimate of drug-likeness (QED) is 0.672. The van der Waals surface area contributed by atoms with Crippen LogP contribution in [0.1, 0.15) is 35.5 Å². The highest BCUT2D eigenvalue weighted by Crippen LogP contribution is 2.20. The SMILES string of the molecule is CCN(CC)c1cc(C(=O)NCc2ccccc2C)nc(-c2ccccc2)n1. The molecule has 0 saturated carbocycles. The Kier molecular flexibility index (Phi) is 6.37. The first-order valence-electron chi connectivity index (χ1n) is 9.64. The van der Waals surface area contributed by atoms with Crippen LogP contribution in [-0.4, -0.2) is 29.0 Å². The first kappa shape index (κ1) is 19.5. The van der Waals surface area contributed by atoms with Crippen LogP contribution in [0.5, 0.6) is 0 Å². The summed E-state index contributed by atoms with van der Waals surface area (Å²) in [6, 6.07) is 19.6. The fraction of sp³-hybridized carbons (Fsp3) is 0.261. The largest absolute Gasteiger partial charge is 0.357 e. The fourth-order valence-electron chi connectivity index (χ4n) is 3.05. The number of nitrogens with zero attached hydrogens (tertiary/aromatic N) is 3. The van der Waals surface area contributed by atoms with E-state index in [0.29, 0.717) is 18.1 Å². The van der Waals surface area contributed by atoms with Crippen molar-refractivity contribution in [2.45, 2.75) is 27.3 Å². The van der Waals surface area contributed by atoms with Crippen LogP contribution >= 0.6 is 0 Å². The highest BCUT2D eigenvalue weighted by molar-refractivity contribution is 5.93. The molecular weight excluding hydrogens is 348 g/mol. The van der Waals surface area contributed by atoms with Gasteiger partial charge in [-0.1, -0.05) is 54.6 Å². The van der Waals surface area contributed by atoms with Crippen LogP contribution in [0.3, 0.4) is 0 Å². The summed E-state index contributed by atoms with van der Waals surface area (Å²) in [4.78, 5) is 24.2. The van der Waals surface area contributed by atoms with Crippen molar-refractivity contribution in [1.82, 2.24) is 15.3 Å². The molecule has 0 fully saturated rings. The number of hydrogen-bond acceptors (Lipinski definition) is 4. The van der Waals surface area contributed by atoms with Gasteiger partial charge in [-0.25, -0.2) is 9.97 Å². The van der Waals surface area contributed by atoms with Gasteiger partial charge in [-0.05, 0) is 31.9 Å². The minimum Gasteiger partial charge on any atom is -0.357 e. The molecule has 0 atom stereocenters. The molecule has 1 aromatic heterocycles. The number of carbonyl (C=O) groups excluding carboxylic acids is 1. The number of amides is 1. The Labute approximate surface area is 166 Å². The molecule has 1 heterocycles. The highest BCUT2D eigenvalue weighted by atomic mass is 16.1. The lowest BCUT2D eigenvalue weighted by Crippen LogP contribution is -2.27. The smallest absolute Gasteiger partial charge is 0.270 e. The summed E-state index contributed by atoms with van der Waals surface area (Å²) in [7, 11) is 0. The molecule has 0 radical (unpaired) electrons. The van der Waals surface area contributed by atoms with Crippen molar-refractivity contribution in [3.8, 4) is 11.4 Å². The molecule has 1 amide bonds. The lowest BCUT2D eigenvalue weighted by molar-refractivity contribution is 0.0946. The molecule has 0 saturated heterocycles. The Morgan fingerprint density at radius 3 is 2.32 bits per heavy atom. The average Bonchev–Trinajstić information content (AvgIpc) is 2.74. The van der Waals surface area contributed by atoms with Gasteiger partial charge in [0.2, 0.25) is 0 Å². The molecule has 0 spiro atoms. The number of nitrogens with one attached hydrogen (secondary N) is 1. The third kappa shape index (κ3) is 4.55. The summed E-state index contributed by atoms with van der Waals surface area (Å²) in [6.45, 7) is 8.28. The summed E-state index contributed by atoms with van der Waals surface area (Å²) < 4.78 is 0. The Morgan fingerprint density at radius 2 is 1.64 bits per heavy atom. The maximum absolute atomic E-state index is 12.8. The molecule has 28 heavy (non-hydrogen) atoms. The number of carbonyl (C=O) groups is 1. The maximum Gasteiger partial charge on any atom is 0.270 e. The van der Waals surface area contributed by atoms with Crippen molar-refractivity contribution >= 4 is 11.7 Å². The van der Waals surface area contributed by atoms with Crippen LogP contribution in [0, 0.1) is 6.92 Å². The molecule has 5 heteroatoms. The van der Waals surface area contributed by atoms with Crippen LogP contribution < -0.4 is 10.2 Å². The van der Waals surface area contributed by atoms with E-state index in [9.17, 15) is 4.79 Å². The standard InChI is InChI=1S/C23H26N4O/c1-4-27(5-2)21-15-20(25-22(26-21)18-12-7-6-8-13-18)23(28)24-16-19-14-10-9-11-17(19)3/h6-15H,4-5,16H2,1-3H3,(H,24,28). The van der Waals surface area contributed by atoms with E-state index in [1.165, 1.54) is 0 Å². The van der Waals surface area contributed by atoms with Gasteiger partial charge in [0.1, 0.15) is 11.5 Å². The van der Waals surface area contributed by atoms with Crippen LogP contribution in [-0.2, 0) is 6.54 Å². The second-order valence-corrected chi connectivity index (χ2v) is 6.58. The third-order valence-electron chi connectivity index (χ3n) is 4.77. The van der Waals surface area contributed by atoms with Crippen molar-refractivity contribution in [2.24, 2.45) is 0 Å². The van der Waals surface area contributed by atoms with E-state index < -0.39 is 0 Å². The van der Waals surface area contributed by atoms with Gasteiger partial charge in [-0.3, -0.25) is 4.79 Å². The minimum atomic E-state index is -0.198. The third-order valence-corrected chi connectivity index (χ3v) is 4.77. The van der Waals surface area contributed by atoms with Crippen molar-refractivity contribution in [2.75, 3.05) is 18.0 Å². The number of aryl methyl sites for hydroxylation is 1. The molecule has 3 aromatic rings. The van der Waals surface area contributed by atoms with Crippen LogP contribution in [0.4, 0.5) is 5.82 Å². The summed E-state index contributed by atoms with van der Waals surface area (Å²) in [6.07, 6.45) is 0. The molecule has 2 aromatic carbocycles. The molecule has 0 bridgehead atoms. The summed E-state index contributed by atoms with van der Waals surface area (Å²) >= 11 is 0. The topological polar surface area (TPSA) is 58.1 Å². The molecular formula is C23H26N4O. The van der Waals surface area contributed by atoms with Gasteiger partial charge >= 0.3 is 0 Å². The molecule has 0 aliphatic rings. The molecule has 5 nitrogen and oxygen atoms in total. The van der Waals surface area contributed by atoms with E-state index in [0.717, 1.165) is 35.6 Å². The maximum atomic E-state index is 12.8. The Balaban J connectivity index is 1.91. The Bertz CT molecular complexity index is 936. The van der Waals surface area contributed by atoms with Gasteiger partial charge in [-0.15, -0.1) is 0 Å². The van der Waals surface area contributed by atoms with Crippen molar-refractivity contribution in [3.63, 3.8) is 0 Å². The predicted octanol–water partition coefficient (Wildman–Crippen LogP) is 4.23. The van der Waals surface area contributed by atoms with E-state index in [-0.39, 0.29) is 5.91 Å². The van der Waals surface area contributed by atoms with Gasteiger partial charge in [0.25, 0.3) is 5.91 Å². The molecule has 0 aliphatic heterocycles. The number of benzene rings is 2. The van der Waals surface area contributed by atoms with Crippen LogP contribution in [0.25, 0.3) is 11.4 Å². The van der Waals surface area contributed by atoms with E-state index >= 15 is 0 Å². The number of aromatic nitrogens is 2. The van der Waals surface area contributed by atoms with E-state index in [4.69, 9.17) is 4.98 Å². The highest BCUT2D eigenvalue weighted by Gasteiger charge is 2.15. The minimum absolute atomic E-state index is 0.198. The van der Waals surface area contributed by atoms with Crippen molar-refractivity contribution in [1.29, 1.82) is 0 Å². The van der Waals surface area contributed by atoms with Gasteiger partial charge in [-0.2, -0.15) is 0 Å². The molecule has 1 N–H and O–H groups in total. The number of anilines is 1. The fourth-order valence-corrected chi connectivity index (χ4v) is 3.05. The van der Waals surface area contributed by atoms with Gasteiger partial charge in [0, 0.05) is 31.3 Å². The lowest BCUT2D eigenvalue weighted by atomic mass is 10.1. The van der Waals surface area contributed by atoms with Gasteiger partial charge in [0.05, 0.1) is 0 Å².